The van der Waals surface area contributed by atoms with Crippen LogP contribution in [-0.2, 0) is 0 Å². The molecule has 0 aliphatic rings. The molecule has 3 heteroatoms. The van der Waals surface area contributed by atoms with Crippen molar-refractivity contribution in [2.24, 2.45) is 0 Å². The summed E-state index contributed by atoms with van der Waals surface area (Å²) in [5, 5.41) is 21.3. The molecule has 22 heavy (non-hydrogen) atoms. The van der Waals surface area contributed by atoms with Crippen LogP contribution in [0.1, 0.15) is 15.9 Å². The van der Waals surface area contributed by atoms with Crippen molar-refractivity contribution in [1.29, 1.82) is 0 Å². The van der Waals surface area contributed by atoms with Crippen LogP contribution in [0.4, 0.5) is 0 Å². The van der Waals surface area contributed by atoms with Crippen LogP contribution in [0.3, 0.4) is 0 Å². The summed E-state index contributed by atoms with van der Waals surface area (Å²) in [4.78, 5) is 12.1. The molecule has 0 aliphatic carbocycles. The second-order valence-electron chi connectivity index (χ2n) is 5.01. The molecule has 0 atom stereocenters. The van der Waals surface area contributed by atoms with E-state index in [1.54, 1.807) is 6.08 Å². The minimum atomic E-state index is -0.360. The first kappa shape index (κ1) is 13.9. The van der Waals surface area contributed by atoms with Crippen LogP contribution < -0.4 is 0 Å². The highest BCUT2D eigenvalue weighted by Gasteiger charge is 2.09. The lowest BCUT2D eigenvalue weighted by Crippen LogP contribution is -1.94. The van der Waals surface area contributed by atoms with Crippen molar-refractivity contribution in [3.8, 4) is 11.5 Å². The van der Waals surface area contributed by atoms with Crippen molar-refractivity contribution in [2.75, 3.05) is 0 Å². The lowest BCUT2D eigenvalue weighted by molar-refractivity contribution is 0.104. The van der Waals surface area contributed by atoms with Crippen molar-refractivity contribution in [3.05, 3.63) is 77.9 Å². The van der Waals surface area contributed by atoms with E-state index in [0.29, 0.717) is 0 Å². The van der Waals surface area contributed by atoms with E-state index in [9.17, 15) is 15.0 Å². The highest BCUT2D eigenvalue weighted by Crippen LogP contribution is 2.23. The molecule has 3 aromatic carbocycles. The van der Waals surface area contributed by atoms with Crippen LogP contribution in [0.25, 0.3) is 16.8 Å². The monoisotopic (exact) mass is 290 g/mol. The summed E-state index contributed by atoms with van der Waals surface area (Å²) in [7, 11) is 0. The highest BCUT2D eigenvalue weighted by molar-refractivity contribution is 6.09. The molecule has 0 aliphatic heterocycles. The molecule has 3 aromatic rings. The topological polar surface area (TPSA) is 57.5 Å². The Labute approximate surface area is 127 Å². The van der Waals surface area contributed by atoms with Crippen LogP contribution in [0.5, 0.6) is 11.5 Å². The Hall–Kier alpha value is -3.07. The number of phenols is 2. The summed E-state index contributed by atoms with van der Waals surface area (Å²) < 4.78 is 0. The average Bonchev–Trinajstić information content (AvgIpc) is 2.54. The van der Waals surface area contributed by atoms with Crippen LogP contribution in [-0.4, -0.2) is 16.0 Å². The number of benzene rings is 3. The van der Waals surface area contributed by atoms with E-state index >= 15 is 0 Å². The maximum Gasteiger partial charge on any atom is 0.189 e. The fourth-order valence-electron chi connectivity index (χ4n) is 2.29. The maximum absolute atomic E-state index is 12.1. The lowest BCUT2D eigenvalue weighted by atomic mass is 10.0. The third kappa shape index (κ3) is 2.83. The Bertz CT molecular complexity index is 879. The number of hydrogen-bond acceptors (Lipinski definition) is 3. The number of carbonyl (C=O) groups excluding carboxylic acids is 1. The molecule has 0 saturated heterocycles. The van der Waals surface area contributed by atoms with Gasteiger partial charge in [0.1, 0.15) is 11.5 Å². The number of allylic oxidation sites excluding steroid dienone is 1. The van der Waals surface area contributed by atoms with Gasteiger partial charge in [0.05, 0.1) is 5.56 Å². The quantitative estimate of drug-likeness (QED) is 0.433. The summed E-state index contributed by atoms with van der Waals surface area (Å²) in [5.74, 6) is -0.562. The van der Waals surface area contributed by atoms with Gasteiger partial charge in [-0.25, -0.2) is 0 Å². The zero-order valence-corrected chi connectivity index (χ0v) is 11.7. The fraction of sp³-hybridized carbons (Fsp3) is 0. The van der Waals surface area contributed by atoms with E-state index in [2.05, 4.69) is 0 Å². The Morgan fingerprint density at radius 2 is 1.64 bits per heavy atom. The minimum absolute atomic E-state index is 0.0553. The minimum Gasteiger partial charge on any atom is -0.508 e. The van der Waals surface area contributed by atoms with Crippen molar-refractivity contribution in [3.63, 3.8) is 0 Å². The average molecular weight is 290 g/mol. The van der Waals surface area contributed by atoms with Crippen molar-refractivity contribution < 1.29 is 15.0 Å². The molecule has 0 amide bonds. The van der Waals surface area contributed by atoms with Gasteiger partial charge < -0.3 is 10.2 Å². The third-order valence-corrected chi connectivity index (χ3v) is 3.45. The molecule has 0 aromatic heterocycles. The van der Waals surface area contributed by atoms with Gasteiger partial charge in [0.15, 0.2) is 5.78 Å². The van der Waals surface area contributed by atoms with Crippen molar-refractivity contribution in [1.82, 2.24) is 0 Å². The predicted octanol–water partition coefficient (Wildman–Crippen LogP) is 4.15. The number of aromatic hydroxyl groups is 2. The highest BCUT2D eigenvalue weighted by atomic mass is 16.3. The van der Waals surface area contributed by atoms with Crippen LogP contribution in [0.15, 0.2) is 66.7 Å². The van der Waals surface area contributed by atoms with E-state index in [0.717, 1.165) is 16.3 Å². The second kappa shape index (κ2) is 5.74. The van der Waals surface area contributed by atoms with Crippen LogP contribution in [0, 0.1) is 0 Å². The number of ketones is 1. The summed E-state index contributed by atoms with van der Waals surface area (Å²) >= 11 is 0. The molecule has 0 unspecified atom stereocenters. The first-order valence-corrected chi connectivity index (χ1v) is 6.87. The van der Waals surface area contributed by atoms with Gasteiger partial charge in [-0.3, -0.25) is 4.79 Å². The molecular weight excluding hydrogens is 276 g/mol. The van der Waals surface area contributed by atoms with Gasteiger partial charge in [0, 0.05) is 0 Å². The van der Waals surface area contributed by atoms with Gasteiger partial charge in [-0.1, -0.05) is 42.5 Å². The molecule has 0 saturated carbocycles. The van der Waals surface area contributed by atoms with E-state index in [4.69, 9.17) is 0 Å². The molecule has 0 spiro atoms. The molecule has 0 heterocycles. The Morgan fingerprint density at radius 3 is 2.45 bits per heavy atom. The number of hydrogen-bond donors (Lipinski definition) is 2. The zero-order chi connectivity index (χ0) is 15.5. The molecule has 0 bridgehead atoms. The first-order chi connectivity index (χ1) is 10.6. The molecule has 3 rings (SSSR count). The second-order valence-corrected chi connectivity index (χ2v) is 5.01. The van der Waals surface area contributed by atoms with E-state index in [-0.39, 0.29) is 22.8 Å². The Morgan fingerprint density at radius 1 is 0.864 bits per heavy atom. The van der Waals surface area contributed by atoms with E-state index in [1.165, 1.54) is 24.3 Å². The fourth-order valence-corrected chi connectivity index (χ4v) is 2.29. The van der Waals surface area contributed by atoms with Crippen LogP contribution >= 0.6 is 0 Å². The molecule has 2 N–H and O–H groups in total. The normalized spacial score (nSPS) is 11.1. The predicted molar refractivity (Wildman–Crippen MR) is 87.1 cm³/mol. The molecule has 0 radical (unpaired) electrons. The van der Waals surface area contributed by atoms with Gasteiger partial charge in [0.25, 0.3) is 0 Å². The first-order valence-electron chi connectivity index (χ1n) is 6.87. The van der Waals surface area contributed by atoms with Gasteiger partial charge in [-0.2, -0.15) is 0 Å². The number of phenolic OH excluding ortho intramolecular Hbond substituents is 2. The third-order valence-electron chi connectivity index (χ3n) is 3.45. The van der Waals surface area contributed by atoms with Gasteiger partial charge >= 0.3 is 0 Å². The zero-order valence-electron chi connectivity index (χ0n) is 11.7. The van der Waals surface area contributed by atoms with Crippen molar-refractivity contribution >= 4 is 22.6 Å². The summed E-state index contributed by atoms with van der Waals surface area (Å²) in [6, 6.07) is 17.8. The summed E-state index contributed by atoms with van der Waals surface area (Å²) in [6.07, 6.45) is 3.08. The van der Waals surface area contributed by atoms with Crippen LogP contribution in [0.2, 0.25) is 0 Å². The van der Waals surface area contributed by atoms with Gasteiger partial charge in [0.2, 0.25) is 0 Å². The molecule has 108 valence electrons. The standard InChI is InChI=1S/C19H14O3/c20-16-8-10-19(22)17(12-16)18(21)9-6-13-5-7-14-3-1-2-4-15(14)11-13/h1-12,20,22H/b9-6+. The molecule has 0 fully saturated rings. The summed E-state index contributed by atoms with van der Waals surface area (Å²) in [6.45, 7) is 0. The number of rotatable bonds is 3. The lowest BCUT2D eigenvalue weighted by Gasteiger charge is -2.02. The number of fused-ring (bicyclic) bond motifs is 1. The smallest absolute Gasteiger partial charge is 0.189 e. The van der Waals surface area contributed by atoms with Gasteiger partial charge in [-0.15, -0.1) is 0 Å². The van der Waals surface area contributed by atoms with Crippen molar-refractivity contribution in [2.45, 2.75) is 0 Å². The SMILES string of the molecule is O=C(/C=C/c1ccc2ccccc2c1)c1cc(O)ccc1O. The Kier molecular flexibility index (Phi) is 3.62. The summed E-state index contributed by atoms with van der Waals surface area (Å²) in [5.41, 5.74) is 0.976. The Balaban J connectivity index is 1.88. The number of carbonyl (C=O) groups is 1. The molecular formula is C19H14O3. The maximum atomic E-state index is 12.1. The van der Waals surface area contributed by atoms with Gasteiger partial charge in [-0.05, 0) is 46.7 Å². The van der Waals surface area contributed by atoms with E-state index < -0.39 is 0 Å². The largest absolute Gasteiger partial charge is 0.508 e. The van der Waals surface area contributed by atoms with E-state index in [1.807, 2.05) is 42.5 Å². The molecule has 3 nitrogen and oxygen atoms in total.